The van der Waals surface area contributed by atoms with Crippen LogP contribution < -0.4 is 10.6 Å². The molecule has 340 valence electrons. The number of carbonyl (C=O) groups is 2. The molecule has 0 aromatic carbocycles. The van der Waals surface area contributed by atoms with E-state index < -0.39 is 0 Å². The highest BCUT2D eigenvalue weighted by Gasteiger charge is 2.13. The quantitative estimate of drug-likeness (QED) is 0.0491. The first-order chi connectivity index (χ1) is 28.5. The second kappa shape index (κ2) is 40.5. The van der Waals surface area contributed by atoms with Crippen LogP contribution in [0.3, 0.4) is 0 Å². The summed E-state index contributed by atoms with van der Waals surface area (Å²) in [7, 11) is 1.88. The molecule has 1 heterocycles. The lowest BCUT2D eigenvalue weighted by molar-refractivity contribution is -0.145. The molecule has 9 nitrogen and oxygen atoms in total. The number of nitrogens with zero attached hydrogens (tertiary/aromatic N) is 3. The lowest BCUT2D eigenvalue weighted by Crippen LogP contribution is -2.28. The van der Waals surface area contributed by atoms with E-state index in [9.17, 15) is 9.59 Å². The molecule has 0 amide bonds. The van der Waals surface area contributed by atoms with Gasteiger partial charge in [0, 0.05) is 26.4 Å². The Labute approximate surface area is 362 Å². The summed E-state index contributed by atoms with van der Waals surface area (Å²) in [6.07, 6.45) is 36.0. The molecule has 0 aliphatic carbocycles. The van der Waals surface area contributed by atoms with E-state index in [4.69, 9.17) is 9.47 Å². The van der Waals surface area contributed by atoms with Gasteiger partial charge in [-0.25, -0.2) is 0 Å². The molecule has 10 heteroatoms. The van der Waals surface area contributed by atoms with Crippen LogP contribution >= 0.6 is 11.7 Å². The van der Waals surface area contributed by atoms with Crippen LogP contribution in [-0.4, -0.2) is 72.0 Å². The average Bonchev–Trinajstić information content (AvgIpc) is 3.68. The molecule has 0 saturated heterocycles. The zero-order chi connectivity index (χ0) is 42.2. The van der Waals surface area contributed by atoms with Gasteiger partial charge in [0.25, 0.3) is 0 Å². The zero-order valence-corrected chi connectivity index (χ0v) is 39.5. The first-order valence-corrected chi connectivity index (χ1v) is 25.5. The normalized spacial score (nSPS) is 11.6. The Morgan fingerprint density at radius 2 is 0.914 bits per heavy atom. The van der Waals surface area contributed by atoms with E-state index in [1.165, 1.54) is 153 Å². The Morgan fingerprint density at radius 3 is 1.34 bits per heavy atom. The van der Waals surface area contributed by atoms with Gasteiger partial charge in [-0.3, -0.25) is 9.59 Å². The summed E-state index contributed by atoms with van der Waals surface area (Å²) in [5, 5.41) is 6.55. The zero-order valence-electron chi connectivity index (χ0n) is 38.7. The highest BCUT2D eigenvalue weighted by Crippen LogP contribution is 2.23. The standard InChI is InChI=1S/C48H93N5O4S/c1-6-10-20-29-43(30-21-11-7-2)35-41-56-45(54)33-24-16-14-18-26-38-53(40-28-37-50-48-47(49-5)51-58-52-48)39-27-19-15-17-25-34-46(55)57-42-36-44(31-22-12-8-3)32-23-13-9-4/h43-44H,6-42H2,1-5H3,(H,49,51)(H,50,52). The first-order valence-electron chi connectivity index (χ1n) is 24.7. The summed E-state index contributed by atoms with van der Waals surface area (Å²) in [6, 6.07) is 0. The summed E-state index contributed by atoms with van der Waals surface area (Å²) in [6.45, 7) is 14.4. The molecule has 0 fully saturated rings. The Kier molecular flexibility index (Phi) is 37.7. The van der Waals surface area contributed by atoms with Crippen molar-refractivity contribution in [2.24, 2.45) is 11.8 Å². The fourth-order valence-corrected chi connectivity index (χ4v) is 8.54. The van der Waals surface area contributed by atoms with Crippen molar-refractivity contribution >= 4 is 35.3 Å². The average molecular weight is 836 g/mol. The van der Waals surface area contributed by atoms with Crippen molar-refractivity contribution in [1.29, 1.82) is 0 Å². The van der Waals surface area contributed by atoms with Crippen molar-refractivity contribution in [3.05, 3.63) is 0 Å². The molecule has 0 aliphatic heterocycles. The number of aromatic nitrogens is 2. The second-order valence-corrected chi connectivity index (χ2v) is 17.6. The summed E-state index contributed by atoms with van der Waals surface area (Å²) < 4.78 is 20.0. The van der Waals surface area contributed by atoms with E-state index in [0.717, 1.165) is 82.8 Å². The Hall–Kier alpha value is -1.94. The number of hydrogen-bond acceptors (Lipinski definition) is 10. The number of unbranched alkanes of at least 4 members (excludes halogenated alkanes) is 16. The molecule has 2 N–H and O–H groups in total. The van der Waals surface area contributed by atoms with Crippen LogP contribution in [0.1, 0.15) is 227 Å². The molecular formula is C48H93N5O4S. The molecule has 1 aromatic heterocycles. The van der Waals surface area contributed by atoms with Crippen LogP contribution in [0.2, 0.25) is 0 Å². The SMILES string of the molecule is CCCCCC(CCCCC)CCOC(=O)CCCCCCCN(CCCCCCCC(=O)OCCC(CCCCC)CCCCC)CCCNc1nsnc1NC. The van der Waals surface area contributed by atoms with Crippen molar-refractivity contribution in [3.8, 4) is 0 Å². The third-order valence-electron chi connectivity index (χ3n) is 11.8. The van der Waals surface area contributed by atoms with E-state index in [-0.39, 0.29) is 11.9 Å². The van der Waals surface area contributed by atoms with Crippen LogP contribution in [-0.2, 0) is 19.1 Å². The first kappa shape index (κ1) is 54.1. The third-order valence-corrected chi connectivity index (χ3v) is 12.3. The maximum atomic E-state index is 12.4. The van der Waals surface area contributed by atoms with Crippen molar-refractivity contribution in [3.63, 3.8) is 0 Å². The minimum Gasteiger partial charge on any atom is -0.466 e. The maximum Gasteiger partial charge on any atom is 0.305 e. The summed E-state index contributed by atoms with van der Waals surface area (Å²) in [4.78, 5) is 27.5. The van der Waals surface area contributed by atoms with Crippen molar-refractivity contribution in [1.82, 2.24) is 13.6 Å². The van der Waals surface area contributed by atoms with Crippen LogP contribution in [0.15, 0.2) is 0 Å². The van der Waals surface area contributed by atoms with E-state index in [1.807, 2.05) is 7.05 Å². The van der Waals surface area contributed by atoms with Gasteiger partial charge in [-0.05, 0) is 76.4 Å². The topological polar surface area (TPSA) is 106 Å². The van der Waals surface area contributed by atoms with Crippen molar-refractivity contribution in [2.45, 2.75) is 227 Å². The van der Waals surface area contributed by atoms with Gasteiger partial charge in [0.1, 0.15) is 0 Å². The number of nitrogens with one attached hydrogen (secondary N) is 2. The van der Waals surface area contributed by atoms with E-state index >= 15 is 0 Å². The molecule has 0 aliphatic rings. The fourth-order valence-electron chi connectivity index (χ4n) is 8.00. The number of esters is 2. The number of hydrogen-bond donors (Lipinski definition) is 2. The fraction of sp³-hybridized carbons (Fsp3) is 0.917. The van der Waals surface area contributed by atoms with Crippen molar-refractivity contribution in [2.75, 3.05) is 57.1 Å². The maximum absolute atomic E-state index is 12.4. The van der Waals surface area contributed by atoms with Gasteiger partial charge >= 0.3 is 11.9 Å². The molecule has 0 bridgehead atoms. The van der Waals surface area contributed by atoms with Gasteiger partial charge in [0.05, 0.1) is 24.9 Å². The van der Waals surface area contributed by atoms with Crippen molar-refractivity contribution < 1.29 is 19.1 Å². The highest BCUT2D eigenvalue weighted by atomic mass is 32.1. The largest absolute Gasteiger partial charge is 0.466 e. The highest BCUT2D eigenvalue weighted by molar-refractivity contribution is 6.99. The van der Waals surface area contributed by atoms with Crippen LogP contribution in [0.5, 0.6) is 0 Å². The van der Waals surface area contributed by atoms with Gasteiger partial charge < -0.3 is 25.0 Å². The number of rotatable bonds is 44. The molecule has 0 radical (unpaired) electrons. The van der Waals surface area contributed by atoms with Gasteiger partial charge in [-0.2, -0.15) is 8.75 Å². The number of anilines is 2. The monoisotopic (exact) mass is 836 g/mol. The molecule has 1 aromatic rings. The predicted octanol–water partition coefficient (Wildman–Crippen LogP) is 13.8. The number of carbonyl (C=O) groups excluding carboxylic acids is 2. The third kappa shape index (κ3) is 31.9. The Morgan fingerprint density at radius 1 is 0.517 bits per heavy atom. The van der Waals surface area contributed by atoms with Gasteiger partial charge in [0.2, 0.25) is 0 Å². The lowest BCUT2D eigenvalue weighted by atomic mass is 9.92. The second-order valence-electron chi connectivity index (χ2n) is 17.1. The summed E-state index contributed by atoms with van der Waals surface area (Å²) in [5.41, 5.74) is 0. The molecule has 0 unspecified atom stereocenters. The Bertz CT molecular complexity index is 983. The lowest BCUT2D eigenvalue weighted by Gasteiger charge is -2.22. The smallest absolute Gasteiger partial charge is 0.305 e. The van der Waals surface area contributed by atoms with Crippen LogP contribution in [0, 0.1) is 11.8 Å². The minimum absolute atomic E-state index is 0.00876. The summed E-state index contributed by atoms with van der Waals surface area (Å²) >= 11 is 1.23. The van der Waals surface area contributed by atoms with E-state index in [2.05, 4.69) is 52.0 Å². The van der Waals surface area contributed by atoms with Gasteiger partial charge in [-0.15, -0.1) is 0 Å². The summed E-state index contributed by atoms with van der Waals surface area (Å²) in [5.74, 6) is 3.06. The van der Waals surface area contributed by atoms with Crippen LogP contribution in [0.25, 0.3) is 0 Å². The number of ether oxygens (including phenoxy) is 2. The molecular weight excluding hydrogens is 743 g/mol. The van der Waals surface area contributed by atoms with Crippen LogP contribution in [0.4, 0.5) is 11.6 Å². The van der Waals surface area contributed by atoms with Gasteiger partial charge in [-0.1, -0.05) is 169 Å². The minimum atomic E-state index is -0.00876. The molecule has 58 heavy (non-hydrogen) atoms. The molecule has 1 rings (SSSR count). The predicted molar refractivity (Wildman–Crippen MR) is 249 cm³/mol. The molecule has 0 saturated carbocycles. The van der Waals surface area contributed by atoms with Gasteiger partial charge in [0.15, 0.2) is 11.6 Å². The van der Waals surface area contributed by atoms with E-state index in [1.54, 1.807) is 0 Å². The molecule has 0 atom stereocenters. The molecule has 0 spiro atoms. The van der Waals surface area contributed by atoms with E-state index in [0.29, 0.717) is 37.9 Å². The Balaban J connectivity index is 2.30.